The number of benzene rings is 2. The zero-order valence-electron chi connectivity index (χ0n) is 25.4. The molecule has 4 aromatic rings. The van der Waals surface area contributed by atoms with Crippen LogP contribution in [0.1, 0.15) is 30.3 Å². The van der Waals surface area contributed by atoms with E-state index in [0.717, 1.165) is 35.6 Å². The molecule has 0 fully saturated rings. The van der Waals surface area contributed by atoms with E-state index >= 15 is 0 Å². The molecule has 0 radical (unpaired) electrons. The van der Waals surface area contributed by atoms with E-state index in [9.17, 15) is 30.7 Å². The summed E-state index contributed by atoms with van der Waals surface area (Å²) in [5.41, 5.74) is 1.86. The zero-order chi connectivity index (χ0) is 33.6. The van der Waals surface area contributed by atoms with Crippen LogP contribution in [0.5, 0.6) is 0 Å². The molecular formula is C32H33N3O7S5. The second-order valence-electron chi connectivity index (χ2n) is 10.6. The number of nitrogens with zero attached hydrogens (tertiary/aromatic N) is 3. The van der Waals surface area contributed by atoms with Crippen molar-refractivity contribution in [3.05, 3.63) is 114 Å². The lowest BCUT2D eigenvalue weighted by Gasteiger charge is -2.16. The van der Waals surface area contributed by atoms with Gasteiger partial charge in [-0.2, -0.15) is 13.0 Å². The number of thiazole rings is 2. The topological polar surface area (TPSA) is 141 Å². The predicted octanol–water partition coefficient (Wildman–Crippen LogP) is 3.66. The number of allylic oxidation sites excluding steroid dienone is 1. The molecule has 248 valence electrons. The van der Waals surface area contributed by atoms with Crippen molar-refractivity contribution in [3.63, 3.8) is 0 Å². The second-order valence-corrected chi connectivity index (χ2v) is 16.9. The summed E-state index contributed by atoms with van der Waals surface area (Å²) in [6.07, 6.45) is 9.81. The Labute approximate surface area is 285 Å². The van der Waals surface area contributed by atoms with E-state index in [1.807, 2.05) is 102 Å². The lowest BCUT2D eigenvalue weighted by Crippen LogP contribution is -2.36. The van der Waals surface area contributed by atoms with Gasteiger partial charge < -0.3 is 9.45 Å². The van der Waals surface area contributed by atoms with Crippen molar-refractivity contribution in [2.24, 2.45) is 0 Å². The first kappa shape index (κ1) is 35.0. The van der Waals surface area contributed by atoms with Gasteiger partial charge in [0.15, 0.2) is 12.7 Å². The molecule has 1 aliphatic rings. The Bertz CT molecular complexity index is 2190. The number of hydrogen-bond acceptors (Lipinski definition) is 10. The fourth-order valence-electron chi connectivity index (χ4n) is 4.91. The highest BCUT2D eigenvalue weighted by molar-refractivity contribution is 8.12. The Morgan fingerprint density at radius 2 is 1.60 bits per heavy atom. The number of aryl methyl sites for hydroxylation is 1. The normalized spacial score (nSPS) is 15.6. The quantitative estimate of drug-likeness (QED) is 0.161. The minimum absolute atomic E-state index is 0.151. The molecule has 0 aliphatic carbocycles. The van der Waals surface area contributed by atoms with Gasteiger partial charge >= 0.3 is 0 Å². The van der Waals surface area contributed by atoms with Gasteiger partial charge in [0.05, 0.1) is 31.5 Å². The van der Waals surface area contributed by atoms with Crippen LogP contribution in [0.3, 0.4) is 0 Å². The fraction of sp³-hybridized carbons (Fsp3) is 0.250. The minimum Gasteiger partial charge on any atom is -0.748 e. The van der Waals surface area contributed by atoms with Crippen molar-refractivity contribution in [2.75, 3.05) is 18.1 Å². The van der Waals surface area contributed by atoms with Crippen LogP contribution in [0.4, 0.5) is 0 Å². The summed E-state index contributed by atoms with van der Waals surface area (Å²) < 4.78 is 70.4. The predicted molar refractivity (Wildman–Crippen MR) is 188 cm³/mol. The second kappa shape index (κ2) is 15.3. The van der Waals surface area contributed by atoms with Crippen LogP contribution in [0.15, 0.2) is 89.0 Å². The van der Waals surface area contributed by atoms with Gasteiger partial charge in [-0.25, -0.2) is 8.42 Å². The molecule has 0 spiro atoms. The zero-order valence-corrected chi connectivity index (χ0v) is 29.5. The largest absolute Gasteiger partial charge is 0.748 e. The average molecular weight is 732 g/mol. The van der Waals surface area contributed by atoms with Crippen molar-refractivity contribution in [1.82, 2.24) is 9.47 Å². The molecule has 15 heteroatoms. The molecule has 0 amide bonds. The molecule has 0 saturated heterocycles. The van der Waals surface area contributed by atoms with Gasteiger partial charge in [-0.1, -0.05) is 83.8 Å². The molecule has 5 rings (SSSR count). The van der Waals surface area contributed by atoms with Crippen LogP contribution in [-0.2, 0) is 33.3 Å². The number of rotatable bonds is 13. The third-order valence-electron chi connectivity index (χ3n) is 7.13. The molecular weight excluding hydrogens is 699 g/mol. The first-order valence-electron chi connectivity index (χ1n) is 14.7. The molecule has 2 aromatic carbocycles. The van der Waals surface area contributed by atoms with Crippen LogP contribution >= 0.6 is 34.4 Å². The molecule has 0 saturated carbocycles. The number of aromatic nitrogens is 2. The van der Waals surface area contributed by atoms with Crippen molar-refractivity contribution in [2.45, 2.75) is 32.9 Å². The number of hydrogen-bond donors (Lipinski definition) is 1. The third-order valence-corrected chi connectivity index (χ3v) is 12.1. The molecule has 0 atom stereocenters. The van der Waals surface area contributed by atoms with Crippen LogP contribution in [0, 0.1) is 0 Å². The molecule has 1 aliphatic heterocycles. The summed E-state index contributed by atoms with van der Waals surface area (Å²) in [5, 5.41) is 1.63. The summed E-state index contributed by atoms with van der Waals surface area (Å²) >= 11 is 4.36. The third kappa shape index (κ3) is 9.63. The smallest absolute Gasteiger partial charge is 0.269 e. The highest BCUT2D eigenvalue weighted by atomic mass is 32.2. The highest BCUT2D eigenvalue weighted by Gasteiger charge is 2.21. The van der Waals surface area contributed by atoms with Crippen LogP contribution in [-0.4, -0.2) is 53.5 Å². The van der Waals surface area contributed by atoms with Gasteiger partial charge in [0.25, 0.3) is 20.7 Å². The summed E-state index contributed by atoms with van der Waals surface area (Å²) in [4.78, 5) is 17.4. The van der Waals surface area contributed by atoms with E-state index in [2.05, 4.69) is 0 Å². The standard InChI is InChI=1S/C32H33N3O7S5/c1-2-35-31(21-30-34(18-10-20-47(40,41)42)23-28(45-30)25-13-7-4-8-14-25)43-26(32(35)36)15-16-29-33(17-9-19-46(37,38)39)22-27(44-29)24-11-5-3-6-12-24/h3-8,11-16,21-23H,2,9-10,17-20H2,1H3,(H-,37,38,39,40,41,42)/b26-15+,29-16-. The van der Waals surface area contributed by atoms with Gasteiger partial charge in [0.1, 0.15) is 9.54 Å². The fourth-order valence-corrected chi connectivity index (χ4v) is 9.16. The van der Waals surface area contributed by atoms with Gasteiger partial charge in [0.2, 0.25) is 0 Å². The molecule has 1 N–H and O–H groups in total. The van der Waals surface area contributed by atoms with Crippen molar-refractivity contribution < 1.29 is 30.5 Å². The molecule has 10 nitrogen and oxygen atoms in total. The molecule has 47 heavy (non-hydrogen) atoms. The Morgan fingerprint density at radius 3 is 2.23 bits per heavy atom. The van der Waals surface area contributed by atoms with Crippen LogP contribution < -0.4 is 19.3 Å². The summed E-state index contributed by atoms with van der Waals surface area (Å²) in [5.74, 6) is -0.819. The molecule has 0 bridgehead atoms. The molecule has 2 aromatic heterocycles. The van der Waals surface area contributed by atoms with Crippen molar-refractivity contribution in [3.8, 4) is 10.4 Å². The van der Waals surface area contributed by atoms with E-state index in [1.165, 1.54) is 34.4 Å². The Hall–Kier alpha value is -3.31. The summed E-state index contributed by atoms with van der Waals surface area (Å²) in [6.45, 7) is 3.02. The molecule has 3 heterocycles. The first-order chi connectivity index (χ1) is 22.4. The lowest BCUT2D eigenvalue weighted by molar-refractivity contribution is -0.693. The van der Waals surface area contributed by atoms with E-state index < -0.39 is 26.0 Å². The van der Waals surface area contributed by atoms with Crippen LogP contribution in [0.2, 0.25) is 0 Å². The van der Waals surface area contributed by atoms with E-state index in [4.69, 9.17) is 0 Å². The van der Waals surface area contributed by atoms with Gasteiger partial charge in [-0.15, -0.1) is 11.3 Å². The number of thioether (sulfide) groups is 1. The van der Waals surface area contributed by atoms with E-state index in [-0.39, 0.29) is 24.2 Å². The average Bonchev–Trinajstić information content (AvgIpc) is 3.71. The maximum atomic E-state index is 13.5. The van der Waals surface area contributed by atoms with E-state index in [1.54, 1.807) is 10.6 Å². The van der Waals surface area contributed by atoms with Crippen LogP contribution in [0.25, 0.3) is 27.5 Å². The SMILES string of the molecule is CCn1c(=O)/c(=C\C=C2/SC(c3ccccc3)=CN2CCCS(=O)(=O)O)s/c1=C\c1sc(-c2ccccc2)c[n+]1CCCS(=O)(=O)[O-]. The van der Waals surface area contributed by atoms with Crippen molar-refractivity contribution in [1.29, 1.82) is 0 Å². The van der Waals surface area contributed by atoms with Gasteiger partial charge in [-0.05, 0) is 36.6 Å². The Balaban J connectivity index is 1.51. The van der Waals surface area contributed by atoms with Gasteiger partial charge in [0, 0.05) is 36.4 Å². The van der Waals surface area contributed by atoms with E-state index in [0.29, 0.717) is 24.2 Å². The Morgan fingerprint density at radius 1 is 0.915 bits per heavy atom. The Kier molecular flexibility index (Phi) is 11.4. The summed E-state index contributed by atoms with van der Waals surface area (Å²) in [7, 11) is -8.43. The lowest BCUT2D eigenvalue weighted by atomic mass is 10.2. The maximum Gasteiger partial charge on any atom is 0.269 e. The maximum absolute atomic E-state index is 13.5. The highest BCUT2D eigenvalue weighted by Crippen LogP contribution is 2.42. The van der Waals surface area contributed by atoms with Gasteiger partial charge in [-0.3, -0.25) is 13.9 Å². The first-order valence-corrected chi connectivity index (χ1v) is 20.4. The minimum atomic E-state index is -4.34. The van der Waals surface area contributed by atoms with Crippen molar-refractivity contribution >= 4 is 71.7 Å². The summed E-state index contributed by atoms with van der Waals surface area (Å²) in [6, 6.07) is 19.6. The monoisotopic (exact) mass is 731 g/mol. The molecule has 0 unspecified atom stereocenters.